The molecule has 6 nitrogen and oxygen atoms in total. The van der Waals surface area contributed by atoms with E-state index in [9.17, 15) is 13.2 Å². The second-order valence-electron chi connectivity index (χ2n) is 6.16. The van der Waals surface area contributed by atoms with E-state index in [1.807, 2.05) is 30.3 Å². The molecule has 1 aromatic rings. The predicted molar refractivity (Wildman–Crippen MR) is 88.8 cm³/mol. The van der Waals surface area contributed by atoms with Crippen molar-refractivity contribution in [1.82, 2.24) is 4.72 Å². The largest absolute Gasteiger partial charge is 0.481 e. The van der Waals surface area contributed by atoms with Crippen LogP contribution in [0.15, 0.2) is 30.3 Å². The lowest BCUT2D eigenvalue weighted by molar-refractivity contribution is -0.137. The summed E-state index contributed by atoms with van der Waals surface area (Å²) in [4.78, 5) is 10.8. The minimum atomic E-state index is -3.59. The summed E-state index contributed by atoms with van der Waals surface area (Å²) >= 11 is 0. The molecule has 0 aliphatic carbocycles. The normalized spacial score (nSPS) is 13.7. The van der Waals surface area contributed by atoms with Crippen LogP contribution < -0.4 is 4.72 Å². The average molecular weight is 343 g/mol. The van der Waals surface area contributed by atoms with Gasteiger partial charge in [-0.15, -0.1) is 0 Å². The quantitative estimate of drug-likeness (QED) is 0.676. The monoisotopic (exact) mass is 343 g/mol. The molecule has 1 atom stereocenters. The van der Waals surface area contributed by atoms with Crippen LogP contribution in [0.2, 0.25) is 0 Å². The number of benzene rings is 1. The molecule has 0 fully saturated rings. The first-order valence-electron chi connectivity index (χ1n) is 7.44. The van der Waals surface area contributed by atoms with Crippen LogP contribution >= 0.6 is 0 Å². The van der Waals surface area contributed by atoms with E-state index in [4.69, 9.17) is 9.84 Å². The Morgan fingerprint density at radius 3 is 2.43 bits per heavy atom. The summed E-state index contributed by atoms with van der Waals surface area (Å²) < 4.78 is 32.4. The fourth-order valence-corrected chi connectivity index (χ4v) is 4.04. The Kier molecular flexibility index (Phi) is 7.18. The first-order valence-corrected chi connectivity index (χ1v) is 9.10. The summed E-state index contributed by atoms with van der Waals surface area (Å²) in [7, 11) is -2.13. The van der Waals surface area contributed by atoms with Gasteiger partial charge < -0.3 is 9.84 Å². The maximum absolute atomic E-state index is 12.3. The van der Waals surface area contributed by atoms with Crippen molar-refractivity contribution in [1.29, 1.82) is 0 Å². The van der Waals surface area contributed by atoms with Gasteiger partial charge in [0.2, 0.25) is 10.0 Å². The van der Waals surface area contributed by atoms with Gasteiger partial charge in [0, 0.05) is 19.6 Å². The maximum Gasteiger partial charge on any atom is 0.303 e. The van der Waals surface area contributed by atoms with E-state index in [1.165, 1.54) is 7.11 Å². The van der Waals surface area contributed by atoms with Crippen LogP contribution in [-0.2, 0) is 26.0 Å². The van der Waals surface area contributed by atoms with E-state index in [-0.39, 0.29) is 18.6 Å². The van der Waals surface area contributed by atoms with Gasteiger partial charge in [-0.25, -0.2) is 13.1 Å². The maximum atomic E-state index is 12.3. The number of ether oxygens (including phenoxy) is 1. The van der Waals surface area contributed by atoms with Gasteiger partial charge in [0.25, 0.3) is 0 Å². The molecule has 0 radical (unpaired) electrons. The number of carboxylic acid groups (broad SMARTS) is 1. The van der Waals surface area contributed by atoms with Crippen LogP contribution in [0.3, 0.4) is 0 Å². The smallest absolute Gasteiger partial charge is 0.303 e. The highest BCUT2D eigenvalue weighted by molar-refractivity contribution is 7.89. The van der Waals surface area contributed by atoms with E-state index in [0.29, 0.717) is 6.42 Å². The molecule has 1 rings (SSSR count). The van der Waals surface area contributed by atoms with Crippen molar-refractivity contribution < 1.29 is 23.1 Å². The number of carboxylic acids is 1. The SMILES string of the molecule is COC(C)(C)CS(=O)(=O)NC(CCC(=O)O)Cc1ccccc1. The lowest BCUT2D eigenvalue weighted by atomic mass is 10.0. The fourth-order valence-electron chi connectivity index (χ4n) is 2.21. The molecule has 0 aliphatic rings. The molecule has 1 unspecified atom stereocenters. The summed E-state index contributed by atoms with van der Waals surface area (Å²) in [5.74, 6) is -1.13. The predicted octanol–water partition coefficient (Wildman–Crippen LogP) is 1.81. The van der Waals surface area contributed by atoms with Crippen LogP contribution in [-0.4, -0.2) is 44.0 Å². The molecular weight excluding hydrogens is 318 g/mol. The van der Waals surface area contributed by atoms with E-state index in [2.05, 4.69) is 4.72 Å². The molecule has 0 amide bonds. The van der Waals surface area contributed by atoms with Gasteiger partial charge in [0.05, 0.1) is 11.4 Å². The Balaban J connectivity index is 2.81. The van der Waals surface area contributed by atoms with Gasteiger partial charge in [-0.3, -0.25) is 4.79 Å². The molecule has 23 heavy (non-hydrogen) atoms. The summed E-state index contributed by atoms with van der Waals surface area (Å²) in [6.07, 6.45) is 0.589. The Morgan fingerprint density at radius 2 is 1.91 bits per heavy atom. The lowest BCUT2D eigenvalue weighted by Gasteiger charge is -2.25. The van der Waals surface area contributed by atoms with Gasteiger partial charge >= 0.3 is 5.97 Å². The number of aliphatic carboxylic acids is 1. The minimum Gasteiger partial charge on any atom is -0.481 e. The van der Waals surface area contributed by atoms with Gasteiger partial charge in [-0.2, -0.15) is 0 Å². The summed E-state index contributed by atoms with van der Waals surface area (Å²) in [6.45, 7) is 3.38. The van der Waals surface area contributed by atoms with Gasteiger partial charge in [0.1, 0.15) is 0 Å². The molecule has 0 aliphatic heterocycles. The van der Waals surface area contributed by atoms with Crippen molar-refractivity contribution in [3.8, 4) is 0 Å². The minimum absolute atomic E-state index is 0.0896. The third-order valence-electron chi connectivity index (χ3n) is 3.47. The summed E-state index contributed by atoms with van der Waals surface area (Å²) in [6, 6.07) is 8.92. The van der Waals surface area contributed by atoms with Gasteiger partial charge in [-0.05, 0) is 32.3 Å². The summed E-state index contributed by atoms with van der Waals surface area (Å²) in [5.41, 5.74) is 0.146. The number of hydrogen-bond donors (Lipinski definition) is 2. The molecule has 0 aromatic heterocycles. The standard InChI is InChI=1S/C16H25NO5S/c1-16(2,22-3)12-23(20,21)17-14(9-10-15(18)19)11-13-7-5-4-6-8-13/h4-8,14,17H,9-12H2,1-3H3,(H,18,19). The van der Waals surface area contributed by atoms with Crippen LogP contribution in [0.1, 0.15) is 32.3 Å². The number of methoxy groups -OCH3 is 1. The van der Waals surface area contributed by atoms with Gasteiger partial charge in [-0.1, -0.05) is 30.3 Å². The van der Waals surface area contributed by atoms with Crippen molar-refractivity contribution in [2.75, 3.05) is 12.9 Å². The van der Waals surface area contributed by atoms with E-state index in [0.717, 1.165) is 5.56 Å². The van der Waals surface area contributed by atoms with E-state index in [1.54, 1.807) is 13.8 Å². The summed E-state index contributed by atoms with van der Waals surface area (Å²) in [5, 5.41) is 8.85. The molecular formula is C16H25NO5S. The molecule has 0 saturated carbocycles. The number of carbonyl (C=O) groups is 1. The van der Waals surface area contributed by atoms with E-state index < -0.39 is 27.6 Å². The second kappa shape index (κ2) is 8.42. The third kappa shape index (κ3) is 8.11. The zero-order chi connectivity index (χ0) is 17.5. The first kappa shape index (κ1) is 19.6. The van der Waals surface area contributed by atoms with Crippen molar-refractivity contribution >= 4 is 16.0 Å². The van der Waals surface area contributed by atoms with Crippen LogP contribution in [0, 0.1) is 0 Å². The molecule has 1 aromatic carbocycles. The first-order chi connectivity index (χ1) is 10.6. The fraction of sp³-hybridized carbons (Fsp3) is 0.562. The Bertz CT molecular complexity index is 598. The van der Waals surface area contributed by atoms with Gasteiger partial charge in [0.15, 0.2) is 0 Å². The molecule has 0 spiro atoms. The molecule has 0 bridgehead atoms. The lowest BCUT2D eigenvalue weighted by Crippen LogP contribution is -2.44. The highest BCUT2D eigenvalue weighted by atomic mass is 32.2. The van der Waals surface area contributed by atoms with E-state index >= 15 is 0 Å². The molecule has 2 N–H and O–H groups in total. The highest BCUT2D eigenvalue weighted by Gasteiger charge is 2.28. The van der Waals surface area contributed by atoms with Crippen LogP contribution in [0.4, 0.5) is 0 Å². The molecule has 0 saturated heterocycles. The highest BCUT2D eigenvalue weighted by Crippen LogP contribution is 2.13. The third-order valence-corrected chi connectivity index (χ3v) is 5.24. The Labute approximate surface area is 137 Å². The average Bonchev–Trinajstić information content (AvgIpc) is 2.44. The zero-order valence-electron chi connectivity index (χ0n) is 13.8. The van der Waals surface area contributed by atoms with Crippen molar-refractivity contribution in [3.05, 3.63) is 35.9 Å². The number of nitrogens with one attached hydrogen (secondary N) is 1. The van der Waals surface area contributed by atoms with Crippen molar-refractivity contribution in [3.63, 3.8) is 0 Å². The Hall–Kier alpha value is -1.44. The van der Waals surface area contributed by atoms with Crippen molar-refractivity contribution in [2.24, 2.45) is 0 Å². The second-order valence-corrected chi connectivity index (χ2v) is 7.91. The van der Waals surface area contributed by atoms with Crippen LogP contribution in [0.5, 0.6) is 0 Å². The number of sulfonamides is 1. The topological polar surface area (TPSA) is 92.7 Å². The van der Waals surface area contributed by atoms with Crippen molar-refractivity contribution in [2.45, 2.75) is 44.8 Å². The molecule has 130 valence electrons. The number of rotatable bonds is 10. The van der Waals surface area contributed by atoms with Crippen LogP contribution in [0.25, 0.3) is 0 Å². The molecule has 0 heterocycles. The zero-order valence-corrected chi connectivity index (χ0v) is 14.6. The molecule has 7 heteroatoms. The number of hydrogen-bond acceptors (Lipinski definition) is 4. The Morgan fingerprint density at radius 1 is 1.30 bits per heavy atom.